The van der Waals surface area contributed by atoms with Gasteiger partial charge in [-0.2, -0.15) is 0 Å². The summed E-state index contributed by atoms with van der Waals surface area (Å²) in [5.41, 5.74) is 0.169. The highest BCUT2D eigenvalue weighted by Crippen LogP contribution is 2.24. The highest BCUT2D eigenvalue weighted by Gasteiger charge is 2.20. The van der Waals surface area contributed by atoms with Crippen molar-refractivity contribution in [3.63, 3.8) is 0 Å². The summed E-state index contributed by atoms with van der Waals surface area (Å²) in [7, 11) is -1.16. The van der Waals surface area contributed by atoms with Crippen LogP contribution in [0, 0.1) is 0 Å². The van der Waals surface area contributed by atoms with Gasteiger partial charge in [0.05, 0.1) is 12.9 Å². The SMILES string of the molecule is CNS(=O)(=O)c1cc(C(=O)NCCSCC(=O)O)ccc1OC. The lowest BCUT2D eigenvalue weighted by Gasteiger charge is -2.11. The zero-order chi connectivity index (χ0) is 17.5. The Morgan fingerprint density at radius 3 is 2.61 bits per heavy atom. The molecule has 0 heterocycles. The fourth-order valence-electron chi connectivity index (χ4n) is 1.64. The molecule has 1 aromatic carbocycles. The summed E-state index contributed by atoms with van der Waals surface area (Å²) in [5.74, 6) is -0.832. The second-order valence-corrected chi connectivity index (χ2v) is 7.24. The molecule has 0 bridgehead atoms. The van der Waals surface area contributed by atoms with E-state index in [1.165, 1.54) is 44.1 Å². The second-order valence-electron chi connectivity index (χ2n) is 4.28. The van der Waals surface area contributed by atoms with Crippen molar-refractivity contribution in [2.45, 2.75) is 4.90 Å². The number of nitrogens with one attached hydrogen (secondary N) is 2. The topological polar surface area (TPSA) is 122 Å². The molecule has 0 aromatic heterocycles. The zero-order valence-electron chi connectivity index (χ0n) is 12.7. The van der Waals surface area contributed by atoms with E-state index in [-0.39, 0.29) is 28.5 Å². The van der Waals surface area contributed by atoms with Gasteiger partial charge in [-0.15, -0.1) is 11.8 Å². The van der Waals surface area contributed by atoms with Gasteiger partial charge in [-0.3, -0.25) is 9.59 Å². The highest BCUT2D eigenvalue weighted by atomic mass is 32.2. The molecule has 10 heteroatoms. The van der Waals surface area contributed by atoms with Crippen molar-refractivity contribution >= 4 is 33.7 Å². The maximum atomic E-state index is 12.0. The Kier molecular flexibility index (Phi) is 7.33. The van der Waals surface area contributed by atoms with Gasteiger partial charge in [0.15, 0.2) is 0 Å². The van der Waals surface area contributed by atoms with Gasteiger partial charge >= 0.3 is 5.97 Å². The number of ether oxygens (including phenoxy) is 1. The van der Waals surface area contributed by atoms with Gasteiger partial charge in [-0.25, -0.2) is 13.1 Å². The van der Waals surface area contributed by atoms with Crippen molar-refractivity contribution in [1.82, 2.24) is 10.0 Å². The molecule has 1 rings (SSSR count). The van der Waals surface area contributed by atoms with Gasteiger partial charge < -0.3 is 15.2 Å². The van der Waals surface area contributed by atoms with Crippen molar-refractivity contribution in [3.8, 4) is 5.75 Å². The van der Waals surface area contributed by atoms with Crippen molar-refractivity contribution in [2.75, 3.05) is 32.2 Å². The molecule has 0 aliphatic rings. The first-order valence-electron chi connectivity index (χ1n) is 6.51. The standard InChI is InChI=1S/C13H18N2O6S2/c1-14-23(19,20)11-7-9(3-4-10(11)21-2)13(18)15-5-6-22-8-12(16)17/h3-4,7,14H,5-6,8H2,1-2H3,(H,15,18)(H,16,17). The molecule has 0 atom stereocenters. The molecule has 23 heavy (non-hydrogen) atoms. The number of hydrogen-bond acceptors (Lipinski definition) is 6. The van der Waals surface area contributed by atoms with Crippen LogP contribution in [0.5, 0.6) is 5.75 Å². The van der Waals surface area contributed by atoms with Crippen molar-refractivity contribution in [3.05, 3.63) is 23.8 Å². The Labute approximate surface area is 138 Å². The van der Waals surface area contributed by atoms with E-state index in [0.717, 1.165) is 0 Å². The van der Waals surface area contributed by atoms with Gasteiger partial charge in [0.2, 0.25) is 10.0 Å². The van der Waals surface area contributed by atoms with E-state index in [9.17, 15) is 18.0 Å². The van der Waals surface area contributed by atoms with Crippen LogP contribution >= 0.6 is 11.8 Å². The Bertz CT molecular complexity index is 675. The number of sulfonamides is 1. The normalized spacial score (nSPS) is 11.0. The molecule has 3 N–H and O–H groups in total. The number of carboxylic acids is 1. The Balaban J connectivity index is 2.79. The minimum absolute atomic E-state index is 0.0387. The van der Waals surface area contributed by atoms with Gasteiger partial charge in [-0.1, -0.05) is 0 Å². The third-order valence-corrected chi connectivity index (χ3v) is 5.12. The number of carbonyl (C=O) groups excluding carboxylic acids is 1. The predicted octanol–water partition coefficient (Wildman–Crippen LogP) is 0.151. The average Bonchev–Trinajstić information content (AvgIpc) is 2.53. The molecule has 1 amide bonds. The molecule has 0 aliphatic heterocycles. The van der Waals surface area contributed by atoms with E-state index >= 15 is 0 Å². The molecule has 0 fully saturated rings. The number of aliphatic carboxylic acids is 1. The minimum atomic E-state index is -3.76. The summed E-state index contributed by atoms with van der Waals surface area (Å²) >= 11 is 1.18. The van der Waals surface area contributed by atoms with Gasteiger partial charge in [0.1, 0.15) is 10.6 Å². The summed E-state index contributed by atoms with van der Waals surface area (Å²) < 4.78 is 31.0. The van der Waals surface area contributed by atoms with E-state index < -0.39 is 21.9 Å². The number of benzene rings is 1. The number of rotatable bonds is 9. The van der Waals surface area contributed by atoms with Crippen molar-refractivity contribution < 1.29 is 27.9 Å². The first-order valence-corrected chi connectivity index (χ1v) is 9.15. The van der Waals surface area contributed by atoms with Crippen molar-refractivity contribution in [2.24, 2.45) is 0 Å². The summed E-state index contributed by atoms with van der Waals surface area (Å²) in [6, 6.07) is 4.08. The number of carbonyl (C=O) groups is 2. The highest BCUT2D eigenvalue weighted by molar-refractivity contribution is 7.99. The summed E-state index contributed by atoms with van der Waals surface area (Å²) in [4.78, 5) is 22.2. The largest absolute Gasteiger partial charge is 0.495 e. The fourth-order valence-corrected chi connectivity index (χ4v) is 3.12. The van der Waals surface area contributed by atoms with Crippen molar-refractivity contribution in [1.29, 1.82) is 0 Å². The Morgan fingerprint density at radius 1 is 1.35 bits per heavy atom. The number of hydrogen-bond donors (Lipinski definition) is 3. The van der Waals surface area contributed by atoms with Crippen LogP contribution in [0.25, 0.3) is 0 Å². The number of carboxylic acid groups (broad SMARTS) is 1. The zero-order valence-corrected chi connectivity index (χ0v) is 14.3. The molecule has 0 spiro atoms. The lowest BCUT2D eigenvalue weighted by molar-refractivity contribution is -0.133. The number of thioether (sulfide) groups is 1. The summed E-state index contributed by atoms with van der Waals surface area (Å²) in [6.07, 6.45) is 0. The van der Waals surface area contributed by atoms with Gasteiger partial charge in [-0.05, 0) is 25.2 Å². The molecule has 0 radical (unpaired) electrons. The van der Waals surface area contributed by atoms with Crippen LogP contribution in [-0.2, 0) is 14.8 Å². The minimum Gasteiger partial charge on any atom is -0.495 e. The van der Waals surface area contributed by atoms with E-state index in [1.54, 1.807) is 0 Å². The third kappa shape index (κ3) is 5.73. The lowest BCUT2D eigenvalue weighted by Crippen LogP contribution is -2.27. The molecule has 128 valence electrons. The molecule has 0 aliphatic carbocycles. The average molecular weight is 362 g/mol. The number of amides is 1. The molecule has 1 aromatic rings. The van der Waals surface area contributed by atoms with Crippen LogP contribution in [0.2, 0.25) is 0 Å². The van der Waals surface area contributed by atoms with Crippen LogP contribution in [0.4, 0.5) is 0 Å². The van der Waals surface area contributed by atoms with E-state index in [0.29, 0.717) is 5.75 Å². The maximum Gasteiger partial charge on any atom is 0.313 e. The first kappa shape index (κ1) is 19.3. The quantitative estimate of drug-likeness (QED) is 0.535. The Morgan fingerprint density at radius 2 is 2.04 bits per heavy atom. The van der Waals surface area contributed by atoms with Crippen LogP contribution in [0.1, 0.15) is 10.4 Å². The van der Waals surface area contributed by atoms with Crippen LogP contribution in [0.15, 0.2) is 23.1 Å². The monoisotopic (exact) mass is 362 g/mol. The van der Waals surface area contributed by atoms with E-state index in [4.69, 9.17) is 9.84 Å². The van der Waals surface area contributed by atoms with Crippen LogP contribution in [0.3, 0.4) is 0 Å². The van der Waals surface area contributed by atoms with Gasteiger partial charge in [0.25, 0.3) is 5.91 Å². The predicted molar refractivity (Wildman–Crippen MR) is 86.5 cm³/mol. The molecular formula is C13H18N2O6S2. The van der Waals surface area contributed by atoms with Crippen LogP contribution < -0.4 is 14.8 Å². The van der Waals surface area contributed by atoms with Crippen LogP contribution in [-0.4, -0.2) is 57.6 Å². The molecule has 0 saturated heterocycles. The molecule has 0 saturated carbocycles. The lowest BCUT2D eigenvalue weighted by atomic mass is 10.2. The molecular weight excluding hydrogens is 344 g/mol. The maximum absolute atomic E-state index is 12.0. The third-order valence-electron chi connectivity index (χ3n) is 2.74. The van der Waals surface area contributed by atoms with E-state index in [1.807, 2.05) is 0 Å². The van der Waals surface area contributed by atoms with Gasteiger partial charge in [0, 0.05) is 17.9 Å². The molecule has 0 unspecified atom stereocenters. The molecule has 8 nitrogen and oxygen atoms in total. The summed E-state index contributed by atoms with van der Waals surface area (Å²) in [5, 5.41) is 11.1. The second kappa shape index (κ2) is 8.75. The van der Waals surface area contributed by atoms with E-state index in [2.05, 4.69) is 10.0 Å². The summed E-state index contributed by atoms with van der Waals surface area (Å²) in [6.45, 7) is 0.275. The number of methoxy groups -OCH3 is 1. The smallest absolute Gasteiger partial charge is 0.313 e. The fraction of sp³-hybridized carbons (Fsp3) is 0.385. The Hall–Kier alpha value is -1.78. The first-order chi connectivity index (χ1) is 10.8.